The van der Waals surface area contributed by atoms with E-state index >= 15 is 0 Å². The number of carbonyl (C=O) groups excluding carboxylic acids is 1. The maximum absolute atomic E-state index is 11.7. The Morgan fingerprint density at radius 3 is 2.61 bits per heavy atom. The van der Waals surface area contributed by atoms with Crippen molar-refractivity contribution >= 4 is 11.8 Å². The molecule has 0 bridgehead atoms. The van der Waals surface area contributed by atoms with Gasteiger partial charge >= 0.3 is 5.97 Å². The minimum Gasteiger partial charge on any atom is -0.465 e. The van der Waals surface area contributed by atoms with Crippen molar-refractivity contribution in [1.29, 1.82) is 0 Å². The van der Waals surface area contributed by atoms with Gasteiger partial charge in [0.2, 0.25) is 0 Å². The van der Waals surface area contributed by atoms with Crippen molar-refractivity contribution in [2.45, 2.75) is 6.92 Å². The first-order valence-corrected chi connectivity index (χ1v) is 5.97. The molecule has 0 N–H and O–H groups in total. The third-order valence-corrected chi connectivity index (χ3v) is 3.10. The molecule has 0 amide bonds. The van der Waals surface area contributed by atoms with Gasteiger partial charge in [-0.1, -0.05) is 0 Å². The van der Waals surface area contributed by atoms with Crippen LogP contribution in [-0.4, -0.2) is 61.2 Å². The number of nitrogens with zero attached hydrogens (tertiary/aromatic N) is 4. The lowest BCUT2D eigenvalue weighted by Gasteiger charge is -2.33. The molecule has 1 fully saturated rings. The van der Waals surface area contributed by atoms with Crippen molar-refractivity contribution < 1.29 is 9.53 Å². The molecular formula is C12H18N4O2. The Morgan fingerprint density at radius 1 is 1.33 bits per heavy atom. The Labute approximate surface area is 107 Å². The summed E-state index contributed by atoms with van der Waals surface area (Å²) < 4.78 is 4.77. The summed E-state index contributed by atoms with van der Waals surface area (Å²) in [6, 6.07) is 0. The summed E-state index contributed by atoms with van der Waals surface area (Å²) in [5, 5.41) is 0. The quantitative estimate of drug-likeness (QED) is 0.705. The monoisotopic (exact) mass is 250 g/mol. The molecule has 2 rings (SSSR count). The number of methoxy groups -OCH3 is 1. The third-order valence-electron chi connectivity index (χ3n) is 3.10. The number of hydrogen-bond acceptors (Lipinski definition) is 6. The number of rotatable bonds is 2. The minimum atomic E-state index is -0.385. The van der Waals surface area contributed by atoms with Crippen molar-refractivity contribution in [3.8, 4) is 0 Å². The number of carbonyl (C=O) groups is 1. The second-order valence-electron chi connectivity index (χ2n) is 4.44. The van der Waals surface area contributed by atoms with E-state index in [1.165, 1.54) is 7.11 Å². The number of esters is 1. The number of piperazine rings is 1. The number of ether oxygens (including phenoxy) is 1. The standard InChI is InChI=1S/C12H18N4O2/c1-9-13-8-10(12(17)18-3)11(14-9)16-6-4-15(2)5-7-16/h8H,4-7H2,1-3H3. The van der Waals surface area contributed by atoms with Gasteiger partial charge in [-0.3, -0.25) is 0 Å². The van der Waals surface area contributed by atoms with Gasteiger partial charge in [0.25, 0.3) is 0 Å². The van der Waals surface area contributed by atoms with Crippen LogP contribution in [-0.2, 0) is 4.74 Å². The van der Waals surface area contributed by atoms with Crippen LogP contribution in [0.1, 0.15) is 16.2 Å². The fourth-order valence-corrected chi connectivity index (χ4v) is 1.97. The Hall–Kier alpha value is -1.69. The molecule has 6 nitrogen and oxygen atoms in total. The highest BCUT2D eigenvalue weighted by molar-refractivity contribution is 5.94. The molecule has 2 heterocycles. The Morgan fingerprint density at radius 2 is 2.00 bits per heavy atom. The fourth-order valence-electron chi connectivity index (χ4n) is 1.97. The molecule has 1 aliphatic rings. The first-order chi connectivity index (χ1) is 8.61. The normalized spacial score (nSPS) is 16.7. The summed E-state index contributed by atoms with van der Waals surface area (Å²) in [5.74, 6) is 0.961. The lowest BCUT2D eigenvalue weighted by Crippen LogP contribution is -2.45. The van der Waals surface area contributed by atoms with E-state index in [0.29, 0.717) is 17.2 Å². The molecule has 98 valence electrons. The van der Waals surface area contributed by atoms with Crippen LogP contribution >= 0.6 is 0 Å². The first kappa shape index (κ1) is 12.8. The molecule has 18 heavy (non-hydrogen) atoms. The van der Waals surface area contributed by atoms with E-state index < -0.39 is 0 Å². The van der Waals surface area contributed by atoms with Crippen LogP contribution in [0.3, 0.4) is 0 Å². The number of hydrogen-bond donors (Lipinski definition) is 0. The molecule has 1 aromatic rings. The lowest BCUT2D eigenvalue weighted by atomic mass is 10.2. The second-order valence-corrected chi connectivity index (χ2v) is 4.44. The summed E-state index contributed by atoms with van der Waals surface area (Å²) in [7, 11) is 3.46. The topological polar surface area (TPSA) is 58.6 Å². The molecule has 1 aliphatic heterocycles. The third kappa shape index (κ3) is 2.59. The molecule has 0 saturated carbocycles. The van der Waals surface area contributed by atoms with Crippen molar-refractivity contribution in [1.82, 2.24) is 14.9 Å². The predicted molar refractivity (Wildman–Crippen MR) is 67.8 cm³/mol. The Bertz CT molecular complexity index is 442. The largest absolute Gasteiger partial charge is 0.465 e. The minimum absolute atomic E-state index is 0.385. The number of aromatic nitrogens is 2. The zero-order chi connectivity index (χ0) is 13.1. The molecule has 1 aromatic heterocycles. The van der Waals surface area contributed by atoms with Crippen LogP contribution in [0.2, 0.25) is 0 Å². The van der Waals surface area contributed by atoms with Crippen LogP contribution in [0.15, 0.2) is 6.20 Å². The molecule has 6 heteroatoms. The van der Waals surface area contributed by atoms with E-state index in [1.54, 1.807) is 6.20 Å². The van der Waals surface area contributed by atoms with Gasteiger partial charge < -0.3 is 14.5 Å². The van der Waals surface area contributed by atoms with E-state index in [9.17, 15) is 4.79 Å². The van der Waals surface area contributed by atoms with E-state index in [-0.39, 0.29) is 5.97 Å². The van der Waals surface area contributed by atoms with E-state index in [4.69, 9.17) is 4.74 Å². The smallest absolute Gasteiger partial charge is 0.343 e. The van der Waals surface area contributed by atoms with Crippen molar-refractivity contribution in [3.63, 3.8) is 0 Å². The summed E-state index contributed by atoms with van der Waals surface area (Å²) in [5.41, 5.74) is 0.438. The van der Waals surface area contributed by atoms with Crippen molar-refractivity contribution in [2.75, 3.05) is 45.2 Å². The number of likely N-dealkylation sites (N-methyl/N-ethyl adjacent to an activating group) is 1. The summed E-state index contributed by atoms with van der Waals surface area (Å²) >= 11 is 0. The van der Waals surface area contributed by atoms with Gasteiger partial charge in [0.05, 0.1) is 7.11 Å². The average Bonchev–Trinajstić information content (AvgIpc) is 2.38. The Kier molecular flexibility index (Phi) is 3.76. The van der Waals surface area contributed by atoms with Gasteiger partial charge in [0, 0.05) is 32.4 Å². The molecule has 0 atom stereocenters. The second kappa shape index (κ2) is 5.30. The molecule has 0 aliphatic carbocycles. The van der Waals surface area contributed by atoms with E-state index in [2.05, 4.69) is 26.8 Å². The molecule has 0 radical (unpaired) electrons. The van der Waals surface area contributed by atoms with Gasteiger partial charge in [-0.25, -0.2) is 14.8 Å². The van der Waals surface area contributed by atoms with Gasteiger partial charge in [-0.05, 0) is 14.0 Å². The van der Waals surface area contributed by atoms with Crippen LogP contribution in [0.4, 0.5) is 5.82 Å². The SMILES string of the molecule is COC(=O)c1cnc(C)nc1N1CCN(C)CC1. The first-order valence-electron chi connectivity index (χ1n) is 5.97. The number of aryl methyl sites for hydroxylation is 1. The summed E-state index contributed by atoms with van der Waals surface area (Å²) in [6.07, 6.45) is 1.54. The van der Waals surface area contributed by atoms with Crippen molar-refractivity contribution in [3.05, 3.63) is 17.6 Å². The van der Waals surface area contributed by atoms with Crippen LogP contribution in [0.5, 0.6) is 0 Å². The molecule has 1 saturated heterocycles. The predicted octanol–water partition coefficient (Wildman–Crippen LogP) is 0.323. The van der Waals surface area contributed by atoms with Crippen LogP contribution in [0, 0.1) is 6.92 Å². The van der Waals surface area contributed by atoms with Crippen molar-refractivity contribution in [2.24, 2.45) is 0 Å². The molecule has 0 unspecified atom stereocenters. The highest BCUT2D eigenvalue weighted by atomic mass is 16.5. The van der Waals surface area contributed by atoms with Gasteiger partial charge in [-0.15, -0.1) is 0 Å². The zero-order valence-electron chi connectivity index (χ0n) is 11.0. The van der Waals surface area contributed by atoms with Crippen LogP contribution in [0.25, 0.3) is 0 Å². The summed E-state index contributed by atoms with van der Waals surface area (Å²) in [6.45, 7) is 5.46. The van der Waals surface area contributed by atoms with Gasteiger partial charge in [0.1, 0.15) is 17.2 Å². The van der Waals surface area contributed by atoms with Crippen LogP contribution < -0.4 is 4.90 Å². The molecule has 0 spiro atoms. The summed E-state index contributed by atoms with van der Waals surface area (Å²) in [4.78, 5) is 24.5. The molecular weight excluding hydrogens is 232 g/mol. The fraction of sp³-hybridized carbons (Fsp3) is 0.583. The maximum atomic E-state index is 11.7. The molecule has 0 aromatic carbocycles. The van der Waals surface area contributed by atoms with Gasteiger partial charge in [-0.2, -0.15) is 0 Å². The van der Waals surface area contributed by atoms with Gasteiger partial charge in [0.15, 0.2) is 0 Å². The maximum Gasteiger partial charge on any atom is 0.343 e. The lowest BCUT2D eigenvalue weighted by molar-refractivity contribution is 0.0600. The van der Waals surface area contributed by atoms with E-state index in [1.807, 2.05) is 6.92 Å². The highest BCUT2D eigenvalue weighted by Gasteiger charge is 2.22. The number of anilines is 1. The zero-order valence-corrected chi connectivity index (χ0v) is 11.0. The highest BCUT2D eigenvalue weighted by Crippen LogP contribution is 2.19. The van der Waals surface area contributed by atoms with E-state index in [0.717, 1.165) is 26.2 Å². The Balaban J connectivity index is 2.30. The average molecular weight is 250 g/mol.